The van der Waals surface area contributed by atoms with Crippen molar-refractivity contribution in [2.24, 2.45) is 0 Å². The highest BCUT2D eigenvalue weighted by Gasteiger charge is 2.53. The van der Waals surface area contributed by atoms with Gasteiger partial charge in [-0.3, -0.25) is 9.78 Å². The molecule has 2 aromatic rings. The summed E-state index contributed by atoms with van der Waals surface area (Å²) in [6, 6.07) is 12.4. The molecule has 1 unspecified atom stereocenters. The maximum Gasteiger partial charge on any atom is 0.233 e. The van der Waals surface area contributed by atoms with Gasteiger partial charge in [-0.1, -0.05) is 30.7 Å². The van der Waals surface area contributed by atoms with E-state index in [1.807, 2.05) is 17.0 Å². The van der Waals surface area contributed by atoms with Crippen LogP contribution in [0, 0.1) is 0 Å². The summed E-state index contributed by atoms with van der Waals surface area (Å²) in [5, 5.41) is 0. The summed E-state index contributed by atoms with van der Waals surface area (Å²) in [4.78, 5) is 19.6. The van der Waals surface area contributed by atoms with Gasteiger partial charge in [-0.15, -0.1) is 0 Å². The fourth-order valence-electron chi connectivity index (χ4n) is 4.81. The Morgan fingerprint density at radius 2 is 1.88 bits per heavy atom. The third kappa shape index (κ3) is 2.10. The molecule has 1 saturated heterocycles. The maximum absolute atomic E-state index is 13.5. The quantitative estimate of drug-likeness (QED) is 0.847. The molecule has 4 nitrogen and oxygen atoms in total. The molecule has 1 atom stereocenters. The van der Waals surface area contributed by atoms with Gasteiger partial charge in [-0.25, -0.2) is 0 Å². The normalized spacial score (nSPS) is 26.5. The van der Waals surface area contributed by atoms with Crippen LogP contribution in [0.25, 0.3) is 0 Å². The fourth-order valence-corrected chi connectivity index (χ4v) is 4.81. The second-order valence-corrected chi connectivity index (χ2v) is 7.59. The summed E-state index contributed by atoms with van der Waals surface area (Å²) in [6.07, 6.45) is 7.48. The molecule has 1 aromatic carbocycles. The highest BCUT2D eigenvalue weighted by molar-refractivity contribution is 5.89. The molecular weight excluding hydrogens is 312 g/mol. The average molecular weight is 334 g/mol. The van der Waals surface area contributed by atoms with Crippen molar-refractivity contribution in [3.63, 3.8) is 0 Å². The first kappa shape index (κ1) is 15.1. The number of pyridine rings is 1. The maximum atomic E-state index is 13.5. The Labute approximate surface area is 147 Å². The van der Waals surface area contributed by atoms with Gasteiger partial charge in [0.1, 0.15) is 5.60 Å². The van der Waals surface area contributed by atoms with E-state index in [0.717, 1.165) is 37.8 Å². The van der Waals surface area contributed by atoms with E-state index in [2.05, 4.69) is 29.2 Å². The lowest BCUT2D eigenvalue weighted by Crippen LogP contribution is -2.51. The van der Waals surface area contributed by atoms with Gasteiger partial charge in [0.2, 0.25) is 5.91 Å². The van der Waals surface area contributed by atoms with Crippen LogP contribution < -0.4 is 0 Å². The Bertz CT molecular complexity index is 816. The second-order valence-electron chi connectivity index (χ2n) is 7.59. The van der Waals surface area contributed by atoms with E-state index in [-0.39, 0.29) is 16.9 Å². The molecule has 0 bridgehead atoms. The molecule has 1 aromatic heterocycles. The first-order chi connectivity index (χ1) is 12.2. The van der Waals surface area contributed by atoms with E-state index in [1.54, 1.807) is 12.4 Å². The zero-order valence-electron chi connectivity index (χ0n) is 14.3. The van der Waals surface area contributed by atoms with Crippen molar-refractivity contribution in [2.75, 3.05) is 13.1 Å². The summed E-state index contributed by atoms with van der Waals surface area (Å²) in [7, 11) is 0. The standard InChI is InChI=1S/C21H22N2O2/c24-19(20(8-3-9-20)17-6-11-22-12-7-17)23-13-10-21(15-23)18-5-2-1-4-16(18)14-25-21/h1-2,4-7,11-12H,3,8-10,13-15H2. The van der Waals surface area contributed by atoms with Crippen molar-refractivity contribution >= 4 is 5.91 Å². The summed E-state index contributed by atoms with van der Waals surface area (Å²) < 4.78 is 6.22. The number of nitrogens with zero attached hydrogens (tertiary/aromatic N) is 2. The van der Waals surface area contributed by atoms with Crippen LogP contribution in [-0.2, 0) is 27.2 Å². The van der Waals surface area contributed by atoms with Crippen LogP contribution in [-0.4, -0.2) is 28.9 Å². The van der Waals surface area contributed by atoms with E-state index >= 15 is 0 Å². The van der Waals surface area contributed by atoms with Crippen molar-refractivity contribution in [2.45, 2.75) is 43.3 Å². The molecule has 5 rings (SSSR count). The van der Waals surface area contributed by atoms with Crippen LogP contribution in [0.5, 0.6) is 0 Å². The topological polar surface area (TPSA) is 42.4 Å². The summed E-state index contributed by atoms with van der Waals surface area (Å²) in [5.41, 5.74) is 3.02. The molecular formula is C21H22N2O2. The molecule has 1 saturated carbocycles. The van der Waals surface area contributed by atoms with Gasteiger partial charge in [0, 0.05) is 18.9 Å². The van der Waals surface area contributed by atoms with Crippen molar-refractivity contribution in [3.8, 4) is 0 Å². The Kier molecular flexibility index (Phi) is 3.26. The molecule has 128 valence electrons. The van der Waals surface area contributed by atoms with Crippen LogP contribution in [0.1, 0.15) is 42.4 Å². The Morgan fingerprint density at radius 3 is 2.64 bits per heavy atom. The van der Waals surface area contributed by atoms with Crippen LogP contribution in [0.2, 0.25) is 0 Å². The molecule has 25 heavy (non-hydrogen) atoms. The highest BCUT2D eigenvalue weighted by atomic mass is 16.5. The number of hydrogen-bond donors (Lipinski definition) is 0. The van der Waals surface area contributed by atoms with Crippen LogP contribution >= 0.6 is 0 Å². The number of fused-ring (bicyclic) bond motifs is 2. The number of rotatable bonds is 2. The number of benzene rings is 1. The summed E-state index contributed by atoms with van der Waals surface area (Å²) in [5.74, 6) is 0.273. The number of ether oxygens (including phenoxy) is 1. The van der Waals surface area contributed by atoms with Gasteiger partial charge >= 0.3 is 0 Å². The highest BCUT2D eigenvalue weighted by Crippen LogP contribution is 2.48. The largest absolute Gasteiger partial charge is 0.364 e. The first-order valence-electron chi connectivity index (χ1n) is 9.16. The van der Waals surface area contributed by atoms with E-state index in [4.69, 9.17) is 4.74 Å². The molecule has 1 spiro atoms. The van der Waals surface area contributed by atoms with Crippen LogP contribution in [0.4, 0.5) is 0 Å². The van der Waals surface area contributed by atoms with Gasteiger partial charge in [-0.05, 0) is 48.1 Å². The van der Waals surface area contributed by atoms with Crippen molar-refractivity contribution < 1.29 is 9.53 Å². The second kappa shape index (κ2) is 5.40. The number of amides is 1. The SMILES string of the molecule is O=C(N1CCC2(C1)OCc1ccccc12)C1(c2ccncc2)CCC1. The number of likely N-dealkylation sites (tertiary alicyclic amines) is 1. The first-order valence-corrected chi connectivity index (χ1v) is 9.16. The van der Waals surface area contributed by atoms with Gasteiger partial charge in [0.05, 0.1) is 18.6 Å². The predicted octanol–water partition coefficient (Wildman–Crippen LogP) is 3.16. The van der Waals surface area contributed by atoms with E-state index in [0.29, 0.717) is 13.2 Å². The minimum atomic E-state index is -0.341. The van der Waals surface area contributed by atoms with Gasteiger partial charge in [0.15, 0.2) is 0 Å². The third-order valence-corrected chi connectivity index (χ3v) is 6.38. The smallest absolute Gasteiger partial charge is 0.233 e. The van der Waals surface area contributed by atoms with Crippen LogP contribution in [0.15, 0.2) is 48.8 Å². The summed E-state index contributed by atoms with van der Waals surface area (Å²) >= 11 is 0. The number of hydrogen-bond acceptors (Lipinski definition) is 3. The number of carbonyl (C=O) groups is 1. The number of carbonyl (C=O) groups excluding carboxylic acids is 1. The van der Waals surface area contributed by atoms with Crippen LogP contribution in [0.3, 0.4) is 0 Å². The lowest BCUT2D eigenvalue weighted by molar-refractivity contribution is -0.141. The Balaban J connectivity index is 1.43. The summed E-state index contributed by atoms with van der Waals surface area (Å²) in [6.45, 7) is 2.11. The molecule has 2 aliphatic heterocycles. The third-order valence-electron chi connectivity index (χ3n) is 6.38. The number of aromatic nitrogens is 1. The van der Waals surface area contributed by atoms with E-state index in [1.165, 1.54) is 11.1 Å². The monoisotopic (exact) mass is 334 g/mol. The molecule has 3 aliphatic rings. The fraction of sp³-hybridized carbons (Fsp3) is 0.429. The van der Waals surface area contributed by atoms with Crippen molar-refractivity contribution in [3.05, 3.63) is 65.5 Å². The Hall–Kier alpha value is -2.20. The molecule has 1 aliphatic carbocycles. The van der Waals surface area contributed by atoms with Crippen molar-refractivity contribution in [1.82, 2.24) is 9.88 Å². The van der Waals surface area contributed by atoms with E-state index < -0.39 is 0 Å². The molecule has 0 radical (unpaired) electrons. The molecule has 0 N–H and O–H groups in total. The van der Waals surface area contributed by atoms with E-state index in [9.17, 15) is 4.79 Å². The minimum absolute atomic E-state index is 0.273. The lowest BCUT2D eigenvalue weighted by Gasteiger charge is -2.43. The average Bonchev–Trinajstić information content (AvgIpc) is 3.21. The predicted molar refractivity (Wildman–Crippen MR) is 93.9 cm³/mol. The lowest BCUT2D eigenvalue weighted by atomic mass is 9.63. The molecule has 2 fully saturated rings. The molecule has 4 heteroatoms. The van der Waals surface area contributed by atoms with Gasteiger partial charge in [-0.2, -0.15) is 0 Å². The van der Waals surface area contributed by atoms with Crippen molar-refractivity contribution in [1.29, 1.82) is 0 Å². The Morgan fingerprint density at radius 1 is 1.08 bits per heavy atom. The zero-order valence-corrected chi connectivity index (χ0v) is 14.3. The van der Waals surface area contributed by atoms with Gasteiger partial charge in [0.25, 0.3) is 0 Å². The molecule has 1 amide bonds. The van der Waals surface area contributed by atoms with Gasteiger partial charge < -0.3 is 9.64 Å². The molecule has 3 heterocycles. The zero-order chi connectivity index (χ0) is 16.9. The minimum Gasteiger partial charge on any atom is -0.364 e.